The zero-order valence-electron chi connectivity index (χ0n) is 23.7. The third-order valence-electron chi connectivity index (χ3n) is 7.33. The van der Waals surface area contributed by atoms with Crippen molar-refractivity contribution in [3.05, 3.63) is 59.7 Å². The Balaban J connectivity index is 1.25. The fraction of sp³-hybridized carbons (Fsp3) is 0.538. The summed E-state index contributed by atoms with van der Waals surface area (Å²) in [4.78, 5) is 0. The van der Waals surface area contributed by atoms with Crippen molar-refractivity contribution in [1.82, 2.24) is 0 Å². The first kappa shape index (κ1) is 31.3. The van der Waals surface area contributed by atoms with Gasteiger partial charge < -0.3 is 49.8 Å². The second kappa shape index (κ2) is 13.8. The monoisotopic (exact) mass is 662 g/mol. The number of benzene rings is 2. The van der Waals surface area contributed by atoms with Crippen LogP contribution < -0.4 is 9.05 Å². The molecule has 0 amide bonds. The van der Waals surface area contributed by atoms with Crippen LogP contribution in [0.5, 0.6) is 11.5 Å². The lowest BCUT2D eigenvalue weighted by molar-refractivity contribution is -0.203. The molecule has 4 aliphatic rings. The Hall–Kier alpha value is -0.640. The number of hydrogen-bond acceptors (Lipinski definition) is 12. The highest BCUT2D eigenvalue weighted by Crippen LogP contribution is 2.62. The van der Waals surface area contributed by atoms with Crippen LogP contribution >= 0.6 is 34.4 Å². The Morgan fingerprint density at radius 3 is 1.33 bits per heavy atom. The van der Waals surface area contributed by atoms with Gasteiger partial charge in [-0.3, -0.25) is 4.52 Å². The summed E-state index contributed by atoms with van der Waals surface area (Å²) in [5.41, 5.74) is 0.795. The van der Waals surface area contributed by atoms with Crippen molar-refractivity contribution in [3.8, 4) is 11.5 Å². The van der Waals surface area contributed by atoms with E-state index in [-0.39, 0.29) is 39.6 Å². The van der Waals surface area contributed by atoms with E-state index in [1.807, 2.05) is 62.4 Å². The van der Waals surface area contributed by atoms with E-state index in [0.717, 1.165) is 11.1 Å². The molecule has 4 aliphatic heterocycles. The van der Waals surface area contributed by atoms with Crippen molar-refractivity contribution in [2.75, 3.05) is 53.9 Å². The van der Waals surface area contributed by atoms with E-state index in [0.29, 0.717) is 11.5 Å². The first-order chi connectivity index (χ1) is 20.4. The normalized spacial score (nSPS) is 37.0. The molecule has 4 fully saturated rings. The van der Waals surface area contributed by atoms with E-state index in [9.17, 15) is 0 Å². The number of aryl methyl sites for hydroxylation is 2. The maximum atomic E-state index is 6.66. The molecule has 0 bridgehead atoms. The van der Waals surface area contributed by atoms with Crippen LogP contribution in [0, 0.1) is 24.7 Å². The predicted molar refractivity (Wildman–Crippen MR) is 156 cm³/mol. The van der Waals surface area contributed by atoms with E-state index in [1.54, 1.807) is 14.2 Å². The minimum atomic E-state index is -1.79. The Morgan fingerprint density at radius 1 is 0.524 bits per heavy atom. The van der Waals surface area contributed by atoms with Gasteiger partial charge in [0.1, 0.15) is 23.7 Å². The van der Waals surface area contributed by atoms with Gasteiger partial charge in [0.15, 0.2) is 0 Å². The molecule has 2 aromatic rings. The van der Waals surface area contributed by atoms with Gasteiger partial charge in [-0.1, -0.05) is 35.4 Å². The Labute approximate surface area is 250 Å². The molecular formula is C26H34O12P4. The Bertz CT molecular complexity index is 1140. The zero-order chi connectivity index (χ0) is 29.2. The summed E-state index contributed by atoms with van der Waals surface area (Å²) >= 11 is 0. The highest BCUT2D eigenvalue weighted by molar-refractivity contribution is 7.43. The molecule has 0 aliphatic carbocycles. The summed E-state index contributed by atoms with van der Waals surface area (Å²) in [6.45, 7) is 5.62. The molecule has 0 N–H and O–H groups in total. The highest BCUT2D eigenvalue weighted by Gasteiger charge is 2.62. The molecule has 12 nitrogen and oxygen atoms in total. The maximum absolute atomic E-state index is 6.66. The van der Waals surface area contributed by atoms with E-state index in [4.69, 9.17) is 54.3 Å². The first-order valence-electron chi connectivity index (χ1n) is 13.3. The van der Waals surface area contributed by atoms with Gasteiger partial charge in [0.25, 0.3) is 0 Å². The molecule has 4 atom stereocenters. The lowest BCUT2D eigenvalue weighted by atomic mass is 9.72. The van der Waals surface area contributed by atoms with Crippen molar-refractivity contribution in [3.63, 3.8) is 0 Å². The largest absolute Gasteiger partial charge is 0.427 e. The smallest absolute Gasteiger partial charge is 0.397 e. The van der Waals surface area contributed by atoms with Gasteiger partial charge in [-0.2, -0.15) is 0 Å². The fourth-order valence-electron chi connectivity index (χ4n) is 4.80. The lowest BCUT2D eigenvalue weighted by Crippen LogP contribution is -2.64. The first-order valence-corrected chi connectivity index (χ1v) is 17.7. The maximum Gasteiger partial charge on any atom is 0.397 e. The van der Waals surface area contributed by atoms with Gasteiger partial charge >= 0.3 is 34.4 Å². The van der Waals surface area contributed by atoms with Gasteiger partial charge in [-0.05, 0) is 38.1 Å². The summed E-state index contributed by atoms with van der Waals surface area (Å²) in [7, 11) is -3.41. The van der Waals surface area contributed by atoms with Crippen LogP contribution in [0.3, 0.4) is 0 Å². The second-order valence-electron chi connectivity index (χ2n) is 10.5. The molecule has 0 aromatic heterocycles. The molecule has 2 spiro atoms. The molecule has 4 heterocycles. The average molecular weight is 662 g/mol. The second-order valence-corrected chi connectivity index (χ2v) is 15.3. The molecule has 4 saturated heterocycles. The van der Waals surface area contributed by atoms with Crippen LogP contribution in [0.25, 0.3) is 0 Å². The van der Waals surface area contributed by atoms with Crippen LogP contribution in [-0.4, -0.2) is 66.1 Å². The van der Waals surface area contributed by atoms with Crippen molar-refractivity contribution in [2.45, 2.75) is 26.1 Å². The molecule has 42 heavy (non-hydrogen) atoms. The standard InChI is InChI=1S/C26H34O12P4/c1-19-5-9-21(10-6-19)35-41-32-16-26(17-33-41)18-34-42(36-22-11-7-20(2)8-12-22)38-24(26)23-25(15-31-40(28-4)37-23)13-29-39(27-3)30-14-25/h5-12,23-24H,13-18H2,1-4H3. The predicted octanol–water partition coefficient (Wildman–Crippen LogP) is 6.86. The lowest BCUT2D eigenvalue weighted by Gasteiger charge is -2.55. The van der Waals surface area contributed by atoms with E-state index in [1.165, 1.54) is 0 Å². The molecular weight excluding hydrogens is 628 g/mol. The molecule has 4 unspecified atom stereocenters. The molecule has 2 aromatic carbocycles. The van der Waals surface area contributed by atoms with Gasteiger partial charge in [-0.25, -0.2) is 0 Å². The van der Waals surface area contributed by atoms with Crippen molar-refractivity contribution in [2.24, 2.45) is 10.8 Å². The van der Waals surface area contributed by atoms with E-state index < -0.39 is 57.4 Å². The van der Waals surface area contributed by atoms with E-state index in [2.05, 4.69) is 0 Å². The fourth-order valence-corrected chi connectivity index (χ4v) is 9.48. The van der Waals surface area contributed by atoms with Crippen LogP contribution in [0.2, 0.25) is 0 Å². The summed E-state index contributed by atoms with van der Waals surface area (Å²) < 4.78 is 72.5. The molecule has 6 rings (SSSR count). The third-order valence-corrected chi connectivity index (χ3v) is 11.5. The van der Waals surface area contributed by atoms with Gasteiger partial charge in [-0.15, -0.1) is 0 Å². The summed E-state index contributed by atoms with van der Waals surface area (Å²) in [6.07, 6.45) is -1.20. The molecule has 0 saturated carbocycles. The molecule has 16 heteroatoms. The van der Waals surface area contributed by atoms with Crippen LogP contribution in [0.15, 0.2) is 48.5 Å². The Morgan fingerprint density at radius 2 is 0.881 bits per heavy atom. The SMILES string of the molecule is COP1OCC2(CO1)COP(OC)OC2C1OP(Oc2ccc(C)cc2)OCC12COP(Oc1ccc(C)cc1)OC2. The topological polar surface area (TPSA) is 111 Å². The van der Waals surface area contributed by atoms with Crippen LogP contribution in [-0.2, 0) is 45.2 Å². The third kappa shape index (κ3) is 6.94. The summed E-state index contributed by atoms with van der Waals surface area (Å²) in [6, 6.07) is 15.5. The quantitative estimate of drug-likeness (QED) is 0.289. The minimum Gasteiger partial charge on any atom is -0.427 e. The highest BCUT2D eigenvalue weighted by atomic mass is 31.2. The average Bonchev–Trinajstić information content (AvgIpc) is 3.02. The van der Waals surface area contributed by atoms with Crippen molar-refractivity contribution >= 4 is 34.4 Å². The molecule has 0 radical (unpaired) electrons. The van der Waals surface area contributed by atoms with Gasteiger partial charge in [0, 0.05) is 14.2 Å². The number of rotatable bonds is 7. The molecule has 230 valence electrons. The van der Waals surface area contributed by atoms with Gasteiger partial charge in [0.05, 0.1) is 50.5 Å². The number of hydrogen-bond donors (Lipinski definition) is 0. The van der Waals surface area contributed by atoms with Crippen molar-refractivity contribution < 1.29 is 54.3 Å². The zero-order valence-corrected chi connectivity index (χ0v) is 27.3. The minimum absolute atomic E-state index is 0.247. The van der Waals surface area contributed by atoms with Crippen LogP contribution in [0.1, 0.15) is 11.1 Å². The van der Waals surface area contributed by atoms with Crippen molar-refractivity contribution in [1.29, 1.82) is 0 Å². The van der Waals surface area contributed by atoms with E-state index >= 15 is 0 Å². The summed E-state index contributed by atoms with van der Waals surface area (Å²) in [5, 5.41) is 0. The Kier molecular flexibility index (Phi) is 10.3. The van der Waals surface area contributed by atoms with Gasteiger partial charge in [0.2, 0.25) is 0 Å². The van der Waals surface area contributed by atoms with Crippen LogP contribution in [0.4, 0.5) is 0 Å². The summed E-state index contributed by atoms with van der Waals surface area (Å²) in [5.74, 6) is 1.32.